The van der Waals surface area contributed by atoms with Crippen molar-refractivity contribution in [2.75, 3.05) is 39.3 Å². The topological polar surface area (TPSA) is 69.7 Å². The zero-order valence-corrected chi connectivity index (χ0v) is 18.5. The number of amides is 1. The summed E-state index contributed by atoms with van der Waals surface area (Å²) in [5.41, 5.74) is 1.12. The molecule has 0 aliphatic carbocycles. The Bertz CT molecular complexity index is 720. The molecule has 2 rings (SSSR count). The minimum Gasteiger partial charge on any atom is -0.355 e. The molecule has 0 atom stereocenters. The standard InChI is InChI=1S/C21H35N3O3S/c1-5-23(6-2)16-13-22-21(25)19-11-14-24(15-12-19)28(26,27)20-9-7-18(8-10-20)17(3)4/h7-10,17,19H,5-6,11-16H2,1-4H3,(H,22,25). The predicted molar refractivity (Wildman–Crippen MR) is 113 cm³/mol. The number of carbonyl (C=O) groups is 1. The Hall–Kier alpha value is -1.44. The number of benzene rings is 1. The highest BCUT2D eigenvalue weighted by atomic mass is 32.2. The summed E-state index contributed by atoms with van der Waals surface area (Å²) < 4.78 is 27.3. The van der Waals surface area contributed by atoms with E-state index >= 15 is 0 Å². The maximum atomic E-state index is 12.9. The maximum absolute atomic E-state index is 12.9. The molecule has 1 fully saturated rings. The van der Waals surface area contributed by atoms with Crippen LogP contribution in [0, 0.1) is 5.92 Å². The highest BCUT2D eigenvalue weighted by Crippen LogP contribution is 2.25. The van der Waals surface area contributed by atoms with E-state index in [9.17, 15) is 13.2 Å². The number of carbonyl (C=O) groups excluding carboxylic acids is 1. The van der Waals surface area contributed by atoms with Crippen molar-refractivity contribution in [3.05, 3.63) is 29.8 Å². The third-order valence-electron chi connectivity index (χ3n) is 5.63. The average molecular weight is 410 g/mol. The lowest BCUT2D eigenvalue weighted by atomic mass is 9.97. The number of sulfonamides is 1. The number of nitrogens with one attached hydrogen (secondary N) is 1. The molecule has 1 aromatic rings. The van der Waals surface area contributed by atoms with E-state index in [1.54, 1.807) is 12.1 Å². The molecule has 0 saturated carbocycles. The molecule has 1 N–H and O–H groups in total. The molecule has 1 amide bonds. The molecular weight excluding hydrogens is 374 g/mol. The van der Waals surface area contributed by atoms with Gasteiger partial charge in [0.1, 0.15) is 0 Å². The van der Waals surface area contributed by atoms with Crippen molar-refractivity contribution < 1.29 is 13.2 Å². The second-order valence-corrected chi connectivity index (χ2v) is 9.66. The van der Waals surface area contributed by atoms with Crippen molar-refractivity contribution in [1.82, 2.24) is 14.5 Å². The molecular formula is C21H35N3O3S. The number of hydrogen-bond donors (Lipinski definition) is 1. The first-order valence-corrected chi connectivity index (χ1v) is 11.8. The fourth-order valence-electron chi connectivity index (χ4n) is 3.55. The monoisotopic (exact) mass is 409 g/mol. The summed E-state index contributed by atoms with van der Waals surface area (Å²) in [6, 6.07) is 7.15. The van der Waals surface area contributed by atoms with Crippen LogP contribution in [0.3, 0.4) is 0 Å². The van der Waals surface area contributed by atoms with Gasteiger partial charge in [0.2, 0.25) is 15.9 Å². The Balaban J connectivity index is 1.87. The van der Waals surface area contributed by atoms with Gasteiger partial charge in [-0.3, -0.25) is 4.79 Å². The Labute approximate surface area is 170 Å². The van der Waals surface area contributed by atoms with Crippen LogP contribution in [0.2, 0.25) is 0 Å². The van der Waals surface area contributed by atoms with Crippen molar-refractivity contribution >= 4 is 15.9 Å². The van der Waals surface area contributed by atoms with Crippen LogP contribution in [-0.4, -0.2) is 62.8 Å². The molecule has 1 heterocycles. The maximum Gasteiger partial charge on any atom is 0.243 e. The zero-order chi connectivity index (χ0) is 20.7. The van der Waals surface area contributed by atoms with Crippen molar-refractivity contribution in [3.8, 4) is 0 Å². The van der Waals surface area contributed by atoms with E-state index in [0.717, 1.165) is 25.2 Å². The van der Waals surface area contributed by atoms with Gasteiger partial charge in [0, 0.05) is 32.1 Å². The first kappa shape index (κ1) is 22.8. The Morgan fingerprint density at radius 2 is 1.71 bits per heavy atom. The molecule has 0 aromatic heterocycles. The van der Waals surface area contributed by atoms with Gasteiger partial charge in [0.25, 0.3) is 0 Å². The first-order valence-electron chi connectivity index (χ1n) is 10.4. The third kappa shape index (κ3) is 5.78. The highest BCUT2D eigenvalue weighted by Gasteiger charge is 2.32. The van der Waals surface area contributed by atoms with Crippen LogP contribution < -0.4 is 5.32 Å². The fourth-order valence-corrected chi connectivity index (χ4v) is 5.02. The van der Waals surface area contributed by atoms with Crippen LogP contribution in [0.1, 0.15) is 52.0 Å². The van der Waals surface area contributed by atoms with Crippen molar-refractivity contribution in [2.45, 2.75) is 51.3 Å². The lowest BCUT2D eigenvalue weighted by Gasteiger charge is -2.30. The third-order valence-corrected chi connectivity index (χ3v) is 7.54. The van der Waals surface area contributed by atoms with Crippen molar-refractivity contribution in [1.29, 1.82) is 0 Å². The molecule has 0 bridgehead atoms. The smallest absolute Gasteiger partial charge is 0.243 e. The van der Waals surface area contributed by atoms with Crippen molar-refractivity contribution in [3.63, 3.8) is 0 Å². The van der Waals surface area contributed by atoms with Gasteiger partial charge in [-0.05, 0) is 49.5 Å². The summed E-state index contributed by atoms with van der Waals surface area (Å²) >= 11 is 0. The van der Waals surface area contributed by atoms with E-state index in [0.29, 0.717) is 43.3 Å². The Kier molecular flexibility index (Phi) is 8.46. The SMILES string of the molecule is CCN(CC)CCNC(=O)C1CCN(S(=O)(=O)c2ccc(C(C)C)cc2)CC1. The molecule has 0 spiro atoms. The van der Waals surface area contributed by atoms with Crippen LogP contribution in [0.5, 0.6) is 0 Å². The van der Waals surface area contributed by atoms with E-state index in [1.165, 1.54) is 4.31 Å². The van der Waals surface area contributed by atoms with Crippen LogP contribution in [-0.2, 0) is 14.8 Å². The second kappa shape index (κ2) is 10.4. The first-order chi connectivity index (χ1) is 13.3. The van der Waals surface area contributed by atoms with Gasteiger partial charge in [0.15, 0.2) is 0 Å². The number of nitrogens with zero attached hydrogens (tertiary/aromatic N) is 2. The number of hydrogen-bond acceptors (Lipinski definition) is 4. The van der Waals surface area contributed by atoms with Gasteiger partial charge in [-0.15, -0.1) is 0 Å². The lowest BCUT2D eigenvalue weighted by molar-refractivity contribution is -0.126. The quantitative estimate of drug-likeness (QED) is 0.681. The van der Waals surface area contributed by atoms with Crippen LogP contribution in [0.4, 0.5) is 0 Å². The van der Waals surface area contributed by atoms with Gasteiger partial charge in [-0.1, -0.05) is 39.8 Å². The minimum absolute atomic E-state index is 0.0468. The number of rotatable bonds is 9. The molecule has 1 aliphatic heterocycles. The Morgan fingerprint density at radius 1 is 1.14 bits per heavy atom. The molecule has 1 saturated heterocycles. The zero-order valence-electron chi connectivity index (χ0n) is 17.6. The molecule has 1 aliphatic rings. The molecule has 0 unspecified atom stereocenters. The number of piperidine rings is 1. The molecule has 6 nitrogen and oxygen atoms in total. The molecule has 1 aromatic carbocycles. The molecule has 7 heteroatoms. The lowest BCUT2D eigenvalue weighted by Crippen LogP contribution is -2.44. The van der Waals surface area contributed by atoms with Crippen LogP contribution in [0.15, 0.2) is 29.2 Å². The van der Waals surface area contributed by atoms with E-state index in [1.807, 2.05) is 12.1 Å². The Morgan fingerprint density at radius 3 is 2.21 bits per heavy atom. The van der Waals surface area contributed by atoms with Gasteiger partial charge < -0.3 is 10.2 Å². The summed E-state index contributed by atoms with van der Waals surface area (Å²) in [6.07, 6.45) is 1.14. The summed E-state index contributed by atoms with van der Waals surface area (Å²) in [4.78, 5) is 15.0. The summed E-state index contributed by atoms with van der Waals surface area (Å²) in [7, 11) is -3.49. The predicted octanol–water partition coefficient (Wildman–Crippen LogP) is 2.67. The van der Waals surface area contributed by atoms with Gasteiger partial charge in [-0.2, -0.15) is 4.31 Å². The summed E-state index contributed by atoms with van der Waals surface area (Å²) in [5.74, 6) is 0.310. The van der Waals surface area contributed by atoms with Crippen LogP contribution >= 0.6 is 0 Å². The second-order valence-electron chi connectivity index (χ2n) is 7.72. The van der Waals surface area contributed by atoms with Crippen LogP contribution in [0.25, 0.3) is 0 Å². The molecule has 0 radical (unpaired) electrons. The normalized spacial score (nSPS) is 16.6. The fraction of sp³-hybridized carbons (Fsp3) is 0.667. The van der Waals surface area contributed by atoms with E-state index in [-0.39, 0.29) is 11.8 Å². The minimum atomic E-state index is -3.49. The summed E-state index contributed by atoms with van der Waals surface area (Å²) in [5, 5.41) is 3.00. The van der Waals surface area contributed by atoms with E-state index < -0.39 is 10.0 Å². The van der Waals surface area contributed by atoms with Gasteiger partial charge in [0.05, 0.1) is 4.90 Å². The van der Waals surface area contributed by atoms with Gasteiger partial charge >= 0.3 is 0 Å². The highest BCUT2D eigenvalue weighted by molar-refractivity contribution is 7.89. The summed E-state index contributed by atoms with van der Waals surface area (Å²) in [6.45, 7) is 12.6. The largest absolute Gasteiger partial charge is 0.355 e. The average Bonchev–Trinajstić information content (AvgIpc) is 2.71. The van der Waals surface area contributed by atoms with Gasteiger partial charge in [-0.25, -0.2) is 8.42 Å². The molecule has 28 heavy (non-hydrogen) atoms. The molecule has 158 valence electrons. The van der Waals surface area contributed by atoms with E-state index in [2.05, 4.69) is 37.9 Å². The number of likely N-dealkylation sites (N-methyl/N-ethyl adjacent to an activating group) is 1. The van der Waals surface area contributed by atoms with E-state index in [4.69, 9.17) is 0 Å². The van der Waals surface area contributed by atoms with Crippen molar-refractivity contribution in [2.24, 2.45) is 5.92 Å².